The number of carbonyl (C=O) groups excluding carboxylic acids is 2. The van der Waals surface area contributed by atoms with Crippen molar-refractivity contribution in [3.63, 3.8) is 0 Å². The summed E-state index contributed by atoms with van der Waals surface area (Å²) in [5.74, 6) is -1.81. The molecule has 1 amide bonds. The molecule has 0 saturated carbocycles. The summed E-state index contributed by atoms with van der Waals surface area (Å²) in [4.78, 5) is 29.7. The largest absolute Gasteiger partial charge is 0.611 e. The van der Waals surface area contributed by atoms with Gasteiger partial charge in [0, 0.05) is 0 Å². The Balaban J connectivity index is 1.91. The van der Waals surface area contributed by atoms with E-state index >= 15 is 0 Å². The predicted molar refractivity (Wildman–Crippen MR) is 114 cm³/mol. The molecule has 0 radical (unpaired) electrons. The Kier molecular flexibility index (Phi) is 7.47. The van der Waals surface area contributed by atoms with Crippen molar-refractivity contribution >= 4 is 29.6 Å². The minimum absolute atomic E-state index is 0.173. The lowest BCUT2D eigenvalue weighted by atomic mass is 9.92. The van der Waals surface area contributed by atoms with E-state index in [-0.39, 0.29) is 11.5 Å². The maximum absolute atomic E-state index is 14.6. The molecule has 1 aliphatic rings. The second-order valence-electron chi connectivity index (χ2n) is 7.20. The van der Waals surface area contributed by atoms with E-state index in [1.54, 1.807) is 54.6 Å². The molecule has 2 aromatic carbocycles. The lowest BCUT2D eigenvalue weighted by molar-refractivity contribution is -0.147. The normalized spacial score (nSPS) is 20.9. The van der Waals surface area contributed by atoms with Gasteiger partial charge in [-0.1, -0.05) is 48.0 Å². The van der Waals surface area contributed by atoms with Crippen LogP contribution in [-0.4, -0.2) is 58.7 Å². The number of methoxy groups -OCH3 is 1. The van der Waals surface area contributed by atoms with E-state index in [0.717, 1.165) is 19.0 Å². The summed E-state index contributed by atoms with van der Waals surface area (Å²) < 4.78 is 52.0. The number of carbonyl (C=O) groups is 2. The minimum atomic E-state index is -3.27. The number of alkyl halides is 2. The van der Waals surface area contributed by atoms with Gasteiger partial charge in [-0.3, -0.25) is 4.99 Å². The van der Waals surface area contributed by atoms with Crippen molar-refractivity contribution in [2.75, 3.05) is 12.9 Å². The Bertz CT molecular complexity index is 974. The first kappa shape index (κ1) is 23.7. The summed E-state index contributed by atoms with van der Waals surface area (Å²) in [5, 5.41) is 0. The molecule has 2 aromatic rings. The van der Waals surface area contributed by atoms with E-state index in [0.29, 0.717) is 10.5 Å². The van der Waals surface area contributed by atoms with Gasteiger partial charge in [0.05, 0.1) is 13.4 Å². The Morgan fingerprint density at radius 3 is 2.44 bits per heavy atom. The van der Waals surface area contributed by atoms with Gasteiger partial charge in [0.25, 0.3) is 6.43 Å². The zero-order chi connectivity index (χ0) is 23.3. The Hall–Kier alpha value is -2.98. The zero-order valence-corrected chi connectivity index (χ0v) is 18.3. The van der Waals surface area contributed by atoms with Crippen molar-refractivity contribution in [2.45, 2.75) is 36.4 Å². The Morgan fingerprint density at radius 1 is 1.19 bits per heavy atom. The molecule has 0 saturated heterocycles. The van der Waals surface area contributed by atoms with Crippen LogP contribution in [0.5, 0.6) is 0 Å². The van der Waals surface area contributed by atoms with Crippen molar-refractivity contribution in [2.24, 2.45) is 4.99 Å². The molecule has 3 atom stereocenters. The first-order chi connectivity index (χ1) is 15.3. The third-order valence-electron chi connectivity index (χ3n) is 5.10. The summed E-state index contributed by atoms with van der Waals surface area (Å²) in [5.41, 5.74) is -0.985. The van der Waals surface area contributed by atoms with Crippen molar-refractivity contribution in [3.05, 3.63) is 65.7 Å². The van der Waals surface area contributed by atoms with Crippen molar-refractivity contribution in [3.8, 4) is 0 Å². The molecule has 0 aromatic heterocycles. The first-order valence-electron chi connectivity index (χ1n) is 9.64. The summed E-state index contributed by atoms with van der Waals surface area (Å²) >= 11 is -1.98. The maximum Gasteiger partial charge on any atom is 0.416 e. The van der Waals surface area contributed by atoms with Crippen molar-refractivity contribution in [1.82, 2.24) is 4.90 Å². The molecule has 0 unspecified atom stereocenters. The minimum Gasteiger partial charge on any atom is -0.611 e. The fraction of sp³-hybridized carbons (Fsp3) is 0.318. The molecule has 32 heavy (non-hydrogen) atoms. The van der Waals surface area contributed by atoms with Crippen LogP contribution in [0.2, 0.25) is 0 Å². The van der Waals surface area contributed by atoms with Crippen LogP contribution in [0.1, 0.15) is 11.1 Å². The average molecular weight is 464 g/mol. The van der Waals surface area contributed by atoms with Crippen LogP contribution in [0.4, 0.5) is 13.6 Å². The van der Waals surface area contributed by atoms with Gasteiger partial charge in [-0.2, -0.15) is 0 Å². The van der Waals surface area contributed by atoms with E-state index in [4.69, 9.17) is 4.74 Å². The number of hydrogen-bond donors (Lipinski definition) is 0. The molecule has 0 fully saturated rings. The monoisotopic (exact) mass is 464 g/mol. The fourth-order valence-electron chi connectivity index (χ4n) is 3.30. The van der Waals surface area contributed by atoms with Crippen molar-refractivity contribution in [1.29, 1.82) is 0 Å². The highest BCUT2D eigenvalue weighted by atomic mass is 32.2. The molecule has 1 aliphatic heterocycles. The number of rotatable bonds is 7. The molecular weight excluding hydrogens is 442 g/mol. The average Bonchev–Trinajstić information content (AvgIpc) is 3.18. The SMILES string of the molecule is COC(=O)[C@H]1N=CN(C(=O)OCc2ccccc2)[C@]1(C[S@+]([O-])c1ccc(C)cc1)C(F)F. The maximum atomic E-state index is 14.6. The third kappa shape index (κ3) is 4.76. The van der Waals surface area contributed by atoms with Gasteiger partial charge in [-0.25, -0.2) is 23.3 Å². The molecule has 0 spiro atoms. The van der Waals surface area contributed by atoms with Crippen LogP contribution < -0.4 is 0 Å². The molecule has 7 nitrogen and oxygen atoms in total. The van der Waals surface area contributed by atoms with Gasteiger partial charge < -0.3 is 14.0 Å². The van der Waals surface area contributed by atoms with Crippen LogP contribution in [0, 0.1) is 6.92 Å². The molecule has 1 heterocycles. The molecule has 10 heteroatoms. The van der Waals surface area contributed by atoms with Crippen LogP contribution in [-0.2, 0) is 32.1 Å². The van der Waals surface area contributed by atoms with Crippen LogP contribution in [0.3, 0.4) is 0 Å². The van der Waals surface area contributed by atoms with Crippen LogP contribution in [0.25, 0.3) is 0 Å². The zero-order valence-electron chi connectivity index (χ0n) is 17.4. The van der Waals surface area contributed by atoms with Gasteiger partial charge in [-0.15, -0.1) is 0 Å². The number of esters is 1. The fourth-order valence-corrected chi connectivity index (χ4v) is 4.75. The topological polar surface area (TPSA) is 91.3 Å². The quantitative estimate of drug-likeness (QED) is 0.463. The summed E-state index contributed by atoms with van der Waals surface area (Å²) in [6, 6.07) is 13.4. The molecule has 0 bridgehead atoms. The summed E-state index contributed by atoms with van der Waals surface area (Å²) in [6.45, 7) is 1.66. The molecular formula is C22H22F2N2O5S. The summed E-state index contributed by atoms with van der Waals surface area (Å²) in [6.07, 6.45) is -3.58. The number of halogens is 2. The smallest absolute Gasteiger partial charge is 0.416 e. The number of ether oxygens (including phenoxy) is 2. The van der Waals surface area contributed by atoms with Gasteiger partial charge in [0.2, 0.25) is 0 Å². The number of benzene rings is 2. The van der Waals surface area contributed by atoms with E-state index in [1.807, 2.05) is 6.92 Å². The Labute approximate surface area is 187 Å². The molecule has 0 N–H and O–H groups in total. The number of nitrogens with zero attached hydrogens (tertiary/aromatic N) is 2. The van der Waals surface area contributed by atoms with Crippen LogP contribution in [0.15, 0.2) is 64.5 Å². The van der Waals surface area contributed by atoms with Gasteiger partial charge in [-0.05, 0) is 35.8 Å². The molecule has 0 aliphatic carbocycles. The number of hydrogen-bond acceptors (Lipinski definition) is 6. The van der Waals surface area contributed by atoms with E-state index in [1.165, 1.54) is 0 Å². The third-order valence-corrected chi connectivity index (χ3v) is 6.63. The van der Waals surface area contributed by atoms with E-state index in [9.17, 15) is 22.9 Å². The van der Waals surface area contributed by atoms with Gasteiger partial charge in [0.15, 0.2) is 16.5 Å². The van der Waals surface area contributed by atoms with Crippen LogP contribution >= 0.6 is 0 Å². The highest BCUT2D eigenvalue weighted by Gasteiger charge is 2.63. The molecule has 170 valence electrons. The highest BCUT2D eigenvalue weighted by molar-refractivity contribution is 7.91. The van der Waals surface area contributed by atoms with Gasteiger partial charge >= 0.3 is 12.1 Å². The predicted octanol–water partition coefficient (Wildman–Crippen LogP) is 3.33. The Morgan fingerprint density at radius 2 is 1.84 bits per heavy atom. The standard InChI is InChI=1S/C22H22F2N2O5S/c1-15-8-10-17(11-9-15)32(29)13-22(20(23)24)18(19(27)30-2)25-14-26(22)21(28)31-12-16-6-4-3-5-7-16/h3-11,14,18,20H,12-13H2,1-2H3/t18-,22+,32+/m1/s1. The number of aryl methyl sites for hydroxylation is 1. The number of aliphatic imine (C=N–C) groups is 1. The second-order valence-corrected chi connectivity index (χ2v) is 8.65. The van der Waals surface area contributed by atoms with E-state index < -0.39 is 47.0 Å². The second kappa shape index (κ2) is 10.1. The van der Waals surface area contributed by atoms with E-state index in [2.05, 4.69) is 9.73 Å². The van der Waals surface area contributed by atoms with Crippen molar-refractivity contribution < 1.29 is 32.4 Å². The number of amides is 1. The summed E-state index contributed by atoms with van der Waals surface area (Å²) in [7, 11) is 1.03. The highest BCUT2D eigenvalue weighted by Crippen LogP contribution is 2.37. The van der Waals surface area contributed by atoms with Gasteiger partial charge in [0.1, 0.15) is 12.4 Å². The lowest BCUT2D eigenvalue weighted by Crippen LogP contribution is -2.64. The lowest BCUT2D eigenvalue weighted by Gasteiger charge is -2.37. The molecule has 3 rings (SSSR count). The first-order valence-corrected chi connectivity index (χ1v) is 11.0.